The highest BCUT2D eigenvalue weighted by molar-refractivity contribution is 6.30. The Morgan fingerprint density at radius 3 is 2.71 bits per heavy atom. The van der Waals surface area contributed by atoms with Gasteiger partial charge in [0.05, 0.1) is 6.42 Å². The molecule has 0 aliphatic carbocycles. The zero-order chi connectivity index (χ0) is 12.8. The molecule has 2 N–H and O–H groups in total. The van der Waals surface area contributed by atoms with E-state index >= 15 is 0 Å². The molecule has 0 saturated heterocycles. The molecular formula is C12H14ClNO3. The van der Waals surface area contributed by atoms with Gasteiger partial charge in [0.2, 0.25) is 0 Å². The van der Waals surface area contributed by atoms with Gasteiger partial charge in [-0.3, -0.25) is 9.59 Å². The smallest absolute Gasteiger partial charge is 0.305 e. The van der Waals surface area contributed by atoms with Crippen molar-refractivity contribution in [3.63, 3.8) is 0 Å². The maximum absolute atomic E-state index is 11.8. The van der Waals surface area contributed by atoms with E-state index in [9.17, 15) is 9.59 Å². The first kappa shape index (κ1) is 13.5. The summed E-state index contributed by atoms with van der Waals surface area (Å²) < 4.78 is 0. The van der Waals surface area contributed by atoms with Gasteiger partial charge in [0.25, 0.3) is 5.91 Å². The van der Waals surface area contributed by atoms with Gasteiger partial charge >= 0.3 is 5.97 Å². The summed E-state index contributed by atoms with van der Waals surface area (Å²) >= 11 is 5.77. The van der Waals surface area contributed by atoms with E-state index in [1.54, 1.807) is 24.3 Å². The van der Waals surface area contributed by atoms with Crippen LogP contribution in [0.3, 0.4) is 0 Å². The van der Waals surface area contributed by atoms with Crippen LogP contribution in [-0.2, 0) is 4.79 Å². The Bertz CT molecular complexity index is 420. The maximum Gasteiger partial charge on any atom is 0.305 e. The van der Waals surface area contributed by atoms with Crippen LogP contribution in [0.15, 0.2) is 24.3 Å². The average Bonchev–Trinajstić information content (AvgIpc) is 2.27. The normalized spacial score (nSPS) is 11.9. The van der Waals surface area contributed by atoms with Crippen molar-refractivity contribution in [3.05, 3.63) is 34.9 Å². The molecule has 0 spiro atoms. The Kier molecular flexibility index (Phi) is 4.97. The summed E-state index contributed by atoms with van der Waals surface area (Å²) in [7, 11) is 0. The van der Waals surface area contributed by atoms with Gasteiger partial charge in [-0.25, -0.2) is 0 Å². The van der Waals surface area contributed by atoms with Crippen molar-refractivity contribution >= 4 is 23.5 Å². The number of aliphatic carboxylic acids is 1. The summed E-state index contributed by atoms with van der Waals surface area (Å²) in [5.74, 6) is -1.23. The van der Waals surface area contributed by atoms with Gasteiger partial charge < -0.3 is 10.4 Å². The van der Waals surface area contributed by atoms with Gasteiger partial charge in [0, 0.05) is 16.6 Å². The molecule has 0 heterocycles. The highest BCUT2D eigenvalue weighted by Gasteiger charge is 2.15. The van der Waals surface area contributed by atoms with Gasteiger partial charge in [-0.15, -0.1) is 0 Å². The molecule has 1 amide bonds. The fourth-order valence-electron chi connectivity index (χ4n) is 1.41. The fourth-order valence-corrected chi connectivity index (χ4v) is 1.60. The zero-order valence-electron chi connectivity index (χ0n) is 9.44. The summed E-state index contributed by atoms with van der Waals surface area (Å²) in [6.07, 6.45) is 0.488. The van der Waals surface area contributed by atoms with Crippen LogP contribution in [-0.4, -0.2) is 23.0 Å². The van der Waals surface area contributed by atoms with Crippen molar-refractivity contribution in [1.82, 2.24) is 5.32 Å². The molecule has 4 nitrogen and oxygen atoms in total. The zero-order valence-corrected chi connectivity index (χ0v) is 10.2. The van der Waals surface area contributed by atoms with Crippen LogP contribution in [0.1, 0.15) is 30.1 Å². The highest BCUT2D eigenvalue weighted by atomic mass is 35.5. The summed E-state index contributed by atoms with van der Waals surface area (Å²) in [6, 6.07) is 6.17. The number of rotatable bonds is 5. The number of carbonyl (C=O) groups is 2. The summed E-state index contributed by atoms with van der Waals surface area (Å²) in [5.41, 5.74) is 0.432. The summed E-state index contributed by atoms with van der Waals surface area (Å²) in [4.78, 5) is 22.4. The van der Waals surface area contributed by atoms with Crippen molar-refractivity contribution in [3.8, 4) is 0 Å². The first-order chi connectivity index (χ1) is 8.02. The second-order valence-corrected chi connectivity index (χ2v) is 4.12. The molecule has 1 aromatic rings. The molecule has 0 fully saturated rings. The molecule has 92 valence electrons. The van der Waals surface area contributed by atoms with Crippen LogP contribution in [0, 0.1) is 0 Å². The van der Waals surface area contributed by atoms with E-state index in [1.807, 2.05) is 6.92 Å². The Labute approximate surface area is 105 Å². The standard InChI is InChI=1S/C12H14ClNO3/c1-2-10(7-11(15)16)14-12(17)8-4-3-5-9(13)6-8/h3-6,10H,2,7H2,1H3,(H,14,17)(H,15,16). The SMILES string of the molecule is CCC(CC(=O)O)NC(=O)c1cccc(Cl)c1. The van der Waals surface area contributed by atoms with Crippen molar-refractivity contribution in [2.24, 2.45) is 0 Å². The maximum atomic E-state index is 11.8. The quantitative estimate of drug-likeness (QED) is 0.849. The van der Waals surface area contributed by atoms with Crippen LogP contribution >= 0.6 is 11.6 Å². The minimum atomic E-state index is -0.928. The Morgan fingerprint density at radius 2 is 2.18 bits per heavy atom. The molecule has 0 saturated carbocycles. The van der Waals surface area contributed by atoms with Gasteiger partial charge in [0.15, 0.2) is 0 Å². The highest BCUT2D eigenvalue weighted by Crippen LogP contribution is 2.11. The minimum Gasteiger partial charge on any atom is -0.481 e. The Morgan fingerprint density at radius 1 is 1.47 bits per heavy atom. The number of halogens is 1. The van der Waals surface area contributed by atoms with Crippen LogP contribution < -0.4 is 5.32 Å². The number of carboxylic acid groups (broad SMARTS) is 1. The molecule has 1 aromatic carbocycles. The van der Waals surface area contributed by atoms with E-state index in [-0.39, 0.29) is 18.4 Å². The Hall–Kier alpha value is -1.55. The van der Waals surface area contributed by atoms with E-state index < -0.39 is 5.97 Å². The van der Waals surface area contributed by atoms with Crippen LogP contribution in [0.5, 0.6) is 0 Å². The number of carbonyl (C=O) groups excluding carboxylic acids is 1. The predicted molar refractivity (Wildman–Crippen MR) is 65.3 cm³/mol. The van der Waals surface area contributed by atoms with Gasteiger partial charge in [-0.1, -0.05) is 24.6 Å². The molecule has 0 aromatic heterocycles. The molecule has 0 aliphatic rings. The molecule has 1 unspecified atom stereocenters. The molecule has 0 bridgehead atoms. The monoisotopic (exact) mass is 255 g/mol. The van der Waals surface area contributed by atoms with E-state index in [1.165, 1.54) is 0 Å². The molecule has 1 rings (SSSR count). The molecule has 0 aliphatic heterocycles. The van der Waals surface area contributed by atoms with Crippen LogP contribution in [0.25, 0.3) is 0 Å². The molecular weight excluding hydrogens is 242 g/mol. The lowest BCUT2D eigenvalue weighted by atomic mass is 10.1. The minimum absolute atomic E-state index is 0.0805. The van der Waals surface area contributed by atoms with Crippen molar-refractivity contribution in [2.75, 3.05) is 0 Å². The lowest BCUT2D eigenvalue weighted by Crippen LogP contribution is -2.36. The van der Waals surface area contributed by atoms with Crippen molar-refractivity contribution in [2.45, 2.75) is 25.8 Å². The first-order valence-corrected chi connectivity index (χ1v) is 5.69. The second kappa shape index (κ2) is 6.25. The lowest BCUT2D eigenvalue weighted by molar-refractivity contribution is -0.137. The number of hydrogen-bond donors (Lipinski definition) is 2. The number of hydrogen-bond acceptors (Lipinski definition) is 2. The average molecular weight is 256 g/mol. The molecule has 17 heavy (non-hydrogen) atoms. The van der Waals surface area contributed by atoms with Crippen LogP contribution in [0.2, 0.25) is 5.02 Å². The third-order valence-electron chi connectivity index (χ3n) is 2.34. The fraction of sp³-hybridized carbons (Fsp3) is 0.333. The van der Waals surface area contributed by atoms with E-state index in [2.05, 4.69) is 5.32 Å². The van der Waals surface area contributed by atoms with E-state index in [0.29, 0.717) is 17.0 Å². The topological polar surface area (TPSA) is 66.4 Å². The predicted octanol–water partition coefficient (Wildman–Crippen LogP) is 2.32. The number of benzene rings is 1. The molecule has 0 radical (unpaired) electrons. The number of nitrogens with one attached hydrogen (secondary N) is 1. The largest absolute Gasteiger partial charge is 0.481 e. The Balaban J connectivity index is 2.67. The second-order valence-electron chi connectivity index (χ2n) is 3.69. The van der Waals surface area contributed by atoms with Crippen LogP contribution in [0.4, 0.5) is 0 Å². The number of amides is 1. The van der Waals surface area contributed by atoms with Crippen molar-refractivity contribution < 1.29 is 14.7 Å². The van der Waals surface area contributed by atoms with Crippen molar-refractivity contribution in [1.29, 1.82) is 0 Å². The van der Waals surface area contributed by atoms with E-state index in [4.69, 9.17) is 16.7 Å². The first-order valence-electron chi connectivity index (χ1n) is 5.31. The van der Waals surface area contributed by atoms with Gasteiger partial charge in [-0.2, -0.15) is 0 Å². The van der Waals surface area contributed by atoms with Gasteiger partial charge in [-0.05, 0) is 24.6 Å². The lowest BCUT2D eigenvalue weighted by Gasteiger charge is -2.14. The number of carboxylic acids is 1. The third-order valence-corrected chi connectivity index (χ3v) is 2.57. The molecule has 1 atom stereocenters. The van der Waals surface area contributed by atoms with E-state index in [0.717, 1.165) is 0 Å². The third kappa shape index (κ3) is 4.44. The summed E-state index contributed by atoms with van der Waals surface area (Å²) in [5, 5.41) is 11.8. The summed E-state index contributed by atoms with van der Waals surface area (Å²) in [6.45, 7) is 1.83. The van der Waals surface area contributed by atoms with Gasteiger partial charge in [0.1, 0.15) is 0 Å². The molecule has 5 heteroatoms.